The van der Waals surface area contributed by atoms with E-state index in [9.17, 15) is 4.79 Å². The highest BCUT2D eigenvalue weighted by atomic mass is 16.7. The number of carbonyl (C=O) groups is 1. The van der Waals surface area contributed by atoms with E-state index in [4.69, 9.17) is 28.4 Å². The van der Waals surface area contributed by atoms with Crippen molar-refractivity contribution >= 4 is 12.0 Å². The third-order valence-electron chi connectivity index (χ3n) is 5.05. The van der Waals surface area contributed by atoms with E-state index in [1.165, 1.54) is 0 Å². The monoisotopic (exact) mass is 442 g/mol. The minimum atomic E-state index is -0.604. The largest absolute Gasteiger partial charge is 0.493 e. The van der Waals surface area contributed by atoms with Gasteiger partial charge in [-0.1, -0.05) is 12.7 Å². The van der Waals surface area contributed by atoms with Gasteiger partial charge >= 0.3 is 5.97 Å². The Kier molecular flexibility index (Phi) is 6.87. The molecule has 0 spiro atoms. The molecule has 0 saturated heterocycles. The third-order valence-corrected chi connectivity index (χ3v) is 5.05. The average molecular weight is 443 g/mol. The Morgan fingerprint density at radius 1 is 1.03 bits per heavy atom. The Balaban J connectivity index is 2.17. The van der Waals surface area contributed by atoms with Crippen molar-refractivity contribution in [3.05, 3.63) is 47.5 Å². The molecule has 2 aromatic rings. The van der Waals surface area contributed by atoms with Gasteiger partial charge in [-0.2, -0.15) is 0 Å². The molecule has 172 valence electrons. The molecule has 0 unspecified atom stereocenters. The van der Waals surface area contributed by atoms with Crippen LogP contribution in [0.15, 0.2) is 30.8 Å². The molecule has 32 heavy (non-hydrogen) atoms. The molecule has 2 aromatic carbocycles. The standard InChI is InChI=1S/C25H30O7/c1-8-15-9-19-20(31-14-30-19)12-17(15)18(13-23(26)32-25(2,3)4)16-10-21(27-5)24(29-7)22(11-16)28-6/h8-12,18H,1,13-14H2,2-7H3/t18-/m1/s1. The zero-order valence-corrected chi connectivity index (χ0v) is 19.4. The summed E-state index contributed by atoms with van der Waals surface area (Å²) in [4.78, 5) is 12.9. The van der Waals surface area contributed by atoms with Crippen LogP contribution in [-0.2, 0) is 9.53 Å². The van der Waals surface area contributed by atoms with Crippen molar-refractivity contribution in [2.24, 2.45) is 0 Å². The van der Waals surface area contributed by atoms with Gasteiger partial charge in [-0.3, -0.25) is 4.79 Å². The molecule has 0 fully saturated rings. The van der Waals surface area contributed by atoms with Crippen molar-refractivity contribution in [1.82, 2.24) is 0 Å². The van der Waals surface area contributed by atoms with Crippen LogP contribution in [0.3, 0.4) is 0 Å². The molecule has 0 N–H and O–H groups in total. The van der Waals surface area contributed by atoms with Crippen LogP contribution in [0.1, 0.15) is 49.8 Å². The number of benzene rings is 2. The van der Waals surface area contributed by atoms with Gasteiger partial charge in [-0.15, -0.1) is 0 Å². The van der Waals surface area contributed by atoms with E-state index >= 15 is 0 Å². The van der Waals surface area contributed by atoms with Crippen LogP contribution in [0, 0.1) is 0 Å². The van der Waals surface area contributed by atoms with E-state index in [-0.39, 0.29) is 25.1 Å². The van der Waals surface area contributed by atoms with Crippen LogP contribution >= 0.6 is 0 Å². The summed E-state index contributed by atoms with van der Waals surface area (Å²) in [6.07, 6.45) is 1.83. The Labute approximate surface area is 188 Å². The van der Waals surface area contributed by atoms with E-state index in [0.29, 0.717) is 28.7 Å². The molecule has 3 rings (SSSR count). The maximum atomic E-state index is 12.9. The highest BCUT2D eigenvalue weighted by molar-refractivity contribution is 5.74. The first-order valence-electron chi connectivity index (χ1n) is 10.3. The first-order valence-corrected chi connectivity index (χ1v) is 10.3. The number of hydrogen-bond donors (Lipinski definition) is 0. The highest BCUT2D eigenvalue weighted by Gasteiger charge is 2.29. The lowest BCUT2D eigenvalue weighted by Gasteiger charge is -2.25. The molecule has 1 atom stereocenters. The van der Waals surface area contributed by atoms with Gasteiger partial charge in [0.2, 0.25) is 12.5 Å². The lowest BCUT2D eigenvalue weighted by atomic mass is 9.85. The number of ether oxygens (including phenoxy) is 6. The minimum absolute atomic E-state index is 0.0936. The van der Waals surface area contributed by atoms with Crippen molar-refractivity contribution in [3.8, 4) is 28.7 Å². The Bertz CT molecular complexity index is 979. The molecule has 0 saturated carbocycles. The molecule has 1 aliphatic rings. The second-order valence-corrected chi connectivity index (χ2v) is 8.34. The fourth-order valence-corrected chi connectivity index (χ4v) is 3.71. The second-order valence-electron chi connectivity index (χ2n) is 8.34. The lowest BCUT2D eigenvalue weighted by Crippen LogP contribution is -2.25. The number of carbonyl (C=O) groups excluding carboxylic acids is 1. The first kappa shape index (κ1) is 23.3. The van der Waals surface area contributed by atoms with Crippen LogP contribution in [0.4, 0.5) is 0 Å². The van der Waals surface area contributed by atoms with Crippen LogP contribution < -0.4 is 23.7 Å². The maximum absolute atomic E-state index is 12.9. The smallest absolute Gasteiger partial charge is 0.307 e. The third kappa shape index (κ3) is 4.93. The number of rotatable bonds is 8. The fourth-order valence-electron chi connectivity index (χ4n) is 3.71. The van der Waals surface area contributed by atoms with Gasteiger partial charge in [0.15, 0.2) is 23.0 Å². The molecule has 1 aliphatic heterocycles. The summed E-state index contributed by atoms with van der Waals surface area (Å²) in [6.45, 7) is 9.62. The molecule has 7 heteroatoms. The fraction of sp³-hybridized carbons (Fsp3) is 0.400. The molecule has 0 aromatic heterocycles. The summed E-state index contributed by atoms with van der Waals surface area (Å²) in [6, 6.07) is 7.43. The molecule has 0 radical (unpaired) electrons. The SMILES string of the molecule is C=Cc1cc2c(cc1[C@H](CC(=O)OC(C)(C)C)c1cc(OC)c(OC)c(OC)c1)OCO2. The molecular weight excluding hydrogens is 412 g/mol. The number of hydrogen-bond acceptors (Lipinski definition) is 7. The van der Waals surface area contributed by atoms with Gasteiger partial charge in [-0.25, -0.2) is 0 Å². The van der Waals surface area contributed by atoms with Crippen molar-refractivity contribution in [3.63, 3.8) is 0 Å². The van der Waals surface area contributed by atoms with E-state index in [0.717, 1.165) is 16.7 Å². The molecule has 0 bridgehead atoms. The van der Waals surface area contributed by atoms with Crippen molar-refractivity contribution in [2.45, 2.75) is 38.7 Å². The zero-order valence-electron chi connectivity index (χ0n) is 19.4. The van der Waals surface area contributed by atoms with Gasteiger partial charge < -0.3 is 28.4 Å². The number of esters is 1. The predicted octanol–water partition coefficient (Wildman–Crippen LogP) is 4.95. The predicted molar refractivity (Wildman–Crippen MR) is 121 cm³/mol. The Hall–Kier alpha value is -3.35. The average Bonchev–Trinajstić information content (AvgIpc) is 3.21. The molecule has 0 amide bonds. The van der Waals surface area contributed by atoms with Gasteiger partial charge in [0.05, 0.1) is 27.8 Å². The lowest BCUT2D eigenvalue weighted by molar-refractivity contribution is -0.155. The Morgan fingerprint density at radius 3 is 2.12 bits per heavy atom. The highest BCUT2D eigenvalue weighted by Crippen LogP contribution is 2.45. The topological polar surface area (TPSA) is 72.5 Å². The summed E-state index contributed by atoms with van der Waals surface area (Å²) in [5, 5.41) is 0. The second kappa shape index (κ2) is 9.42. The van der Waals surface area contributed by atoms with Gasteiger partial charge in [0.1, 0.15) is 5.60 Å². The normalized spacial score (nSPS) is 13.3. The van der Waals surface area contributed by atoms with Crippen molar-refractivity contribution < 1.29 is 33.2 Å². The molecule has 0 aliphatic carbocycles. The Morgan fingerprint density at radius 2 is 1.62 bits per heavy atom. The summed E-state index contributed by atoms with van der Waals surface area (Å²) < 4.78 is 33.3. The molecule has 1 heterocycles. The van der Waals surface area contributed by atoms with Crippen LogP contribution in [-0.4, -0.2) is 39.7 Å². The van der Waals surface area contributed by atoms with Crippen LogP contribution in [0.2, 0.25) is 0 Å². The van der Waals surface area contributed by atoms with Crippen molar-refractivity contribution in [2.75, 3.05) is 28.1 Å². The van der Waals surface area contributed by atoms with Gasteiger partial charge in [-0.05, 0) is 61.7 Å². The van der Waals surface area contributed by atoms with E-state index < -0.39 is 5.60 Å². The summed E-state index contributed by atoms with van der Waals surface area (Å²) in [5.41, 5.74) is 1.88. The molecular formula is C25H30O7. The van der Waals surface area contributed by atoms with Crippen LogP contribution in [0.5, 0.6) is 28.7 Å². The first-order chi connectivity index (χ1) is 15.2. The summed E-state index contributed by atoms with van der Waals surface area (Å²) in [7, 11) is 4.66. The van der Waals surface area contributed by atoms with E-state index in [1.54, 1.807) is 27.4 Å². The van der Waals surface area contributed by atoms with Crippen LogP contribution in [0.25, 0.3) is 6.08 Å². The zero-order chi connectivity index (χ0) is 23.5. The number of fused-ring (bicyclic) bond motifs is 1. The summed E-state index contributed by atoms with van der Waals surface area (Å²) >= 11 is 0. The minimum Gasteiger partial charge on any atom is -0.493 e. The number of methoxy groups -OCH3 is 3. The van der Waals surface area contributed by atoms with E-state index in [2.05, 4.69) is 6.58 Å². The summed E-state index contributed by atoms with van der Waals surface area (Å²) in [5.74, 6) is 2.01. The van der Waals surface area contributed by atoms with Gasteiger partial charge in [0.25, 0.3) is 0 Å². The van der Waals surface area contributed by atoms with Gasteiger partial charge in [0, 0.05) is 5.92 Å². The molecule has 7 nitrogen and oxygen atoms in total. The van der Waals surface area contributed by atoms with Crippen molar-refractivity contribution in [1.29, 1.82) is 0 Å². The quantitative estimate of drug-likeness (QED) is 0.536. The van der Waals surface area contributed by atoms with E-state index in [1.807, 2.05) is 45.0 Å². The maximum Gasteiger partial charge on any atom is 0.307 e.